The van der Waals surface area contributed by atoms with Crippen LogP contribution >= 0.6 is 11.3 Å². The molecule has 18 heavy (non-hydrogen) atoms. The maximum atomic E-state index is 13.1. The molecule has 0 spiro atoms. The van der Waals surface area contributed by atoms with Crippen LogP contribution in [0.3, 0.4) is 0 Å². The van der Waals surface area contributed by atoms with Crippen LogP contribution in [-0.2, 0) is 6.54 Å². The van der Waals surface area contributed by atoms with Gasteiger partial charge in [-0.15, -0.1) is 11.3 Å². The van der Waals surface area contributed by atoms with Crippen molar-refractivity contribution in [2.24, 2.45) is 0 Å². The summed E-state index contributed by atoms with van der Waals surface area (Å²) in [5.74, 6) is -1.67. The number of halogens is 2. The summed E-state index contributed by atoms with van der Waals surface area (Å²) >= 11 is 1.49. The van der Waals surface area contributed by atoms with E-state index in [1.165, 1.54) is 17.4 Å². The molecule has 0 saturated heterocycles. The first-order chi connectivity index (χ1) is 8.70. The Labute approximate surface area is 109 Å². The highest BCUT2D eigenvalue weighted by atomic mass is 32.1. The molecule has 2 aromatic rings. The van der Waals surface area contributed by atoms with Crippen LogP contribution in [0.15, 0.2) is 24.4 Å². The molecule has 1 aromatic heterocycles. The molecule has 0 bridgehead atoms. The second-order valence-corrected chi connectivity index (χ2v) is 5.05. The molecular formula is C13H14F2N2S. The fourth-order valence-corrected chi connectivity index (χ4v) is 2.42. The van der Waals surface area contributed by atoms with Gasteiger partial charge in [0.2, 0.25) is 0 Å². The van der Waals surface area contributed by atoms with E-state index in [2.05, 4.69) is 17.2 Å². The average Bonchev–Trinajstić information content (AvgIpc) is 2.82. The van der Waals surface area contributed by atoms with Crippen molar-refractivity contribution in [3.63, 3.8) is 0 Å². The van der Waals surface area contributed by atoms with Crippen molar-refractivity contribution in [2.75, 3.05) is 6.54 Å². The van der Waals surface area contributed by atoms with E-state index in [9.17, 15) is 8.78 Å². The Bertz CT molecular complexity index is 525. The molecule has 0 aliphatic carbocycles. The SMILES string of the molecule is CCCNCc1cnc(-c2ccc(F)c(F)c2)s1. The van der Waals surface area contributed by atoms with Gasteiger partial charge in [0.15, 0.2) is 11.6 Å². The fraction of sp³-hybridized carbons (Fsp3) is 0.308. The molecule has 0 atom stereocenters. The lowest BCUT2D eigenvalue weighted by Gasteiger charge is -1.99. The average molecular weight is 268 g/mol. The largest absolute Gasteiger partial charge is 0.312 e. The third-order valence-corrected chi connectivity index (χ3v) is 3.49. The number of aromatic nitrogens is 1. The molecule has 1 heterocycles. The number of nitrogens with zero attached hydrogens (tertiary/aromatic N) is 1. The summed E-state index contributed by atoms with van der Waals surface area (Å²) in [4.78, 5) is 5.31. The summed E-state index contributed by atoms with van der Waals surface area (Å²) in [6.45, 7) is 3.82. The second kappa shape index (κ2) is 6.02. The van der Waals surface area contributed by atoms with Gasteiger partial charge >= 0.3 is 0 Å². The molecule has 96 valence electrons. The van der Waals surface area contributed by atoms with Crippen molar-refractivity contribution in [3.05, 3.63) is 40.9 Å². The molecule has 0 amide bonds. The summed E-state index contributed by atoms with van der Waals surface area (Å²) in [6.07, 6.45) is 2.85. The summed E-state index contributed by atoms with van der Waals surface area (Å²) in [7, 11) is 0. The second-order valence-electron chi connectivity index (χ2n) is 3.94. The molecule has 2 nitrogen and oxygen atoms in total. The molecule has 0 fully saturated rings. The van der Waals surface area contributed by atoms with E-state index >= 15 is 0 Å². The van der Waals surface area contributed by atoms with Crippen molar-refractivity contribution in [2.45, 2.75) is 19.9 Å². The Morgan fingerprint density at radius 1 is 1.28 bits per heavy atom. The molecule has 5 heteroatoms. The number of hydrogen-bond acceptors (Lipinski definition) is 3. The molecule has 0 radical (unpaired) electrons. The van der Waals surface area contributed by atoms with Gasteiger partial charge in [0.05, 0.1) is 0 Å². The highest BCUT2D eigenvalue weighted by molar-refractivity contribution is 7.15. The maximum Gasteiger partial charge on any atom is 0.159 e. The molecule has 0 saturated carbocycles. The smallest absolute Gasteiger partial charge is 0.159 e. The van der Waals surface area contributed by atoms with Gasteiger partial charge in [0.1, 0.15) is 5.01 Å². The zero-order valence-electron chi connectivity index (χ0n) is 10.0. The van der Waals surface area contributed by atoms with E-state index in [0.29, 0.717) is 10.6 Å². The normalized spacial score (nSPS) is 10.8. The van der Waals surface area contributed by atoms with Gasteiger partial charge in [-0.3, -0.25) is 0 Å². The minimum Gasteiger partial charge on any atom is -0.312 e. The highest BCUT2D eigenvalue weighted by Gasteiger charge is 2.08. The van der Waals surface area contributed by atoms with Crippen LogP contribution in [0.5, 0.6) is 0 Å². The Balaban J connectivity index is 2.11. The maximum absolute atomic E-state index is 13.1. The lowest BCUT2D eigenvalue weighted by Crippen LogP contribution is -2.12. The van der Waals surface area contributed by atoms with E-state index in [1.54, 1.807) is 12.3 Å². The first-order valence-corrected chi connectivity index (χ1v) is 6.63. The Morgan fingerprint density at radius 2 is 2.11 bits per heavy atom. The summed E-state index contributed by atoms with van der Waals surface area (Å²) in [6, 6.07) is 3.85. The topological polar surface area (TPSA) is 24.9 Å². The minimum atomic E-state index is -0.839. The van der Waals surface area contributed by atoms with E-state index in [0.717, 1.165) is 30.5 Å². The first kappa shape index (κ1) is 13.1. The van der Waals surface area contributed by atoms with Crippen LogP contribution in [0.1, 0.15) is 18.2 Å². The molecule has 0 aliphatic rings. The van der Waals surface area contributed by atoms with Crippen LogP contribution in [0.25, 0.3) is 10.6 Å². The fourth-order valence-electron chi connectivity index (χ4n) is 1.54. The van der Waals surface area contributed by atoms with Crippen molar-refractivity contribution in [3.8, 4) is 10.6 Å². The highest BCUT2D eigenvalue weighted by Crippen LogP contribution is 2.26. The Morgan fingerprint density at radius 3 is 2.83 bits per heavy atom. The zero-order chi connectivity index (χ0) is 13.0. The van der Waals surface area contributed by atoms with E-state index < -0.39 is 11.6 Å². The van der Waals surface area contributed by atoms with E-state index in [1.807, 2.05) is 0 Å². The predicted molar refractivity (Wildman–Crippen MR) is 69.5 cm³/mol. The number of hydrogen-bond donors (Lipinski definition) is 1. The Kier molecular flexibility index (Phi) is 4.38. The summed E-state index contributed by atoms with van der Waals surface area (Å²) < 4.78 is 25.9. The van der Waals surface area contributed by atoms with E-state index in [-0.39, 0.29) is 0 Å². The van der Waals surface area contributed by atoms with Gasteiger partial charge in [-0.05, 0) is 31.2 Å². The third-order valence-electron chi connectivity index (χ3n) is 2.45. The van der Waals surface area contributed by atoms with Gasteiger partial charge in [0, 0.05) is 23.2 Å². The third kappa shape index (κ3) is 3.11. The van der Waals surface area contributed by atoms with Gasteiger partial charge < -0.3 is 5.32 Å². The number of rotatable bonds is 5. The minimum absolute atomic E-state index is 0.612. The van der Waals surface area contributed by atoms with Crippen LogP contribution in [0.4, 0.5) is 8.78 Å². The lowest BCUT2D eigenvalue weighted by molar-refractivity contribution is 0.509. The van der Waals surface area contributed by atoms with Gasteiger partial charge in [-0.2, -0.15) is 0 Å². The first-order valence-electron chi connectivity index (χ1n) is 5.81. The van der Waals surface area contributed by atoms with E-state index in [4.69, 9.17) is 0 Å². The predicted octanol–water partition coefficient (Wildman–Crippen LogP) is 3.59. The van der Waals surface area contributed by atoms with Gasteiger partial charge in [-0.25, -0.2) is 13.8 Å². The van der Waals surface area contributed by atoms with Crippen molar-refractivity contribution >= 4 is 11.3 Å². The Hall–Kier alpha value is -1.33. The monoisotopic (exact) mass is 268 g/mol. The molecule has 1 aromatic carbocycles. The summed E-state index contributed by atoms with van der Waals surface area (Å²) in [5, 5.41) is 3.98. The molecule has 2 rings (SSSR count). The zero-order valence-corrected chi connectivity index (χ0v) is 10.9. The summed E-state index contributed by atoms with van der Waals surface area (Å²) in [5.41, 5.74) is 0.612. The van der Waals surface area contributed by atoms with Crippen molar-refractivity contribution in [1.82, 2.24) is 10.3 Å². The quantitative estimate of drug-likeness (QED) is 0.838. The molecule has 0 aliphatic heterocycles. The van der Waals surface area contributed by atoms with Crippen LogP contribution in [0, 0.1) is 11.6 Å². The van der Waals surface area contributed by atoms with Gasteiger partial charge in [0.25, 0.3) is 0 Å². The molecule has 0 unspecified atom stereocenters. The molecular weight excluding hydrogens is 254 g/mol. The number of thiazole rings is 1. The van der Waals surface area contributed by atoms with Crippen LogP contribution in [-0.4, -0.2) is 11.5 Å². The van der Waals surface area contributed by atoms with Crippen molar-refractivity contribution in [1.29, 1.82) is 0 Å². The number of benzene rings is 1. The molecule has 1 N–H and O–H groups in total. The lowest BCUT2D eigenvalue weighted by atomic mass is 10.2. The standard InChI is InChI=1S/C13H14F2N2S/c1-2-5-16-7-10-8-17-13(18-10)9-3-4-11(14)12(15)6-9/h3-4,6,8,16H,2,5,7H2,1H3. The van der Waals surface area contributed by atoms with Crippen molar-refractivity contribution < 1.29 is 8.78 Å². The van der Waals surface area contributed by atoms with Crippen LogP contribution in [0.2, 0.25) is 0 Å². The number of nitrogens with one attached hydrogen (secondary N) is 1. The van der Waals surface area contributed by atoms with Gasteiger partial charge in [-0.1, -0.05) is 6.92 Å². The van der Waals surface area contributed by atoms with Crippen LogP contribution < -0.4 is 5.32 Å².